The SMILES string of the molecule is CCOc1ccc(N(CC(=O)NCCc2ccc(Cl)cc2)S(=O)(=O)c2ccc(C)cc2)cc1. The van der Waals surface area contributed by atoms with Gasteiger partial charge in [0.05, 0.1) is 17.2 Å². The Bertz CT molecular complexity index is 1160. The molecule has 3 aromatic carbocycles. The van der Waals surface area contributed by atoms with Crippen molar-refractivity contribution in [3.05, 3.63) is 88.9 Å². The Morgan fingerprint density at radius 2 is 1.61 bits per heavy atom. The summed E-state index contributed by atoms with van der Waals surface area (Å²) >= 11 is 5.90. The maximum absolute atomic E-state index is 13.4. The number of hydrogen-bond donors (Lipinski definition) is 1. The lowest BCUT2D eigenvalue weighted by atomic mass is 10.1. The molecule has 0 radical (unpaired) electrons. The summed E-state index contributed by atoms with van der Waals surface area (Å²) in [4.78, 5) is 12.8. The number of ether oxygens (including phenoxy) is 1. The van der Waals surface area contributed by atoms with Gasteiger partial charge in [-0.1, -0.05) is 41.4 Å². The van der Waals surface area contributed by atoms with E-state index in [1.54, 1.807) is 60.7 Å². The summed E-state index contributed by atoms with van der Waals surface area (Å²) < 4.78 is 33.4. The zero-order valence-corrected chi connectivity index (χ0v) is 20.2. The standard InChI is InChI=1S/C25H27ClN2O4S/c1-3-32-23-12-10-22(11-13-23)28(33(30,31)24-14-4-19(2)5-15-24)18-25(29)27-17-16-20-6-8-21(26)9-7-20/h4-15H,3,16-18H2,1-2H3,(H,27,29). The van der Waals surface area contributed by atoms with Crippen molar-refractivity contribution in [1.82, 2.24) is 5.32 Å². The molecule has 0 aliphatic heterocycles. The van der Waals surface area contributed by atoms with Gasteiger partial charge in [-0.25, -0.2) is 8.42 Å². The maximum atomic E-state index is 13.4. The Hall–Kier alpha value is -3.03. The van der Waals surface area contributed by atoms with E-state index >= 15 is 0 Å². The zero-order chi connectivity index (χ0) is 23.8. The van der Waals surface area contributed by atoms with Crippen LogP contribution >= 0.6 is 11.6 Å². The van der Waals surface area contributed by atoms with Crippen molar-refractivity contribution < 1.29 is 17.9 Å². The molecule has 1 N–H and O–H groups in total. The molecule has 3 aromatic rings. The third-order valence-electron chi connectivity index (χ3n) is 4.98. The first-order chi connectivity index (χ1) is 15.8. The van der Waals surface area contributed by atoms with E-state index in [0.29, 0.717) is 36.0 Å². The van der Waals surface area contributed by atoms with Crippen LogP contribution in [0.2, 0.25) is 5.02 Å². The van der Waals surface area contributed by atoms with Gasteiger partial charge in [-0.2, -0.15) is 0 Å². The number of benzene rings is 3. The van der Waals surface area contributed by atoms with Crippen molar-refractivity contribution in [3.63, 3.8) is 0 Å². The van der Waals surface area contributed by atoms with E-state index in [1.807, 2.05) is 26.0 Å². The maximum Gasteiger partial charge on any atom is 0.264 e. The number of anilines is 1. The molecule has 6 nitrogen and oxygen atoms in total. The predicted octanol–water partition coefficient (Wildman–Crippen LogP) is 4.60. The second kappa shape index (κ2) is 11.2. The van der Waals surface area contributed by atoms with E-state index in [4.69, 9.17) is 16.3 Å². The number of hydrogen-bond acceptors (Lipinski definition) is 4. The van der Waals surface area contributed by atoms with Gasteiger partial charge in [-0.15, -0.1) is 0 Å². The molecule has 0 bridgehead atoms. The topological polar surface area (TPSA) is 75.7 Å². The highest BCUT2D eigenvalue weighted by molar-refractivity contribution is 7.92. The van der Waals surface area contributed by atoms with Crippen molar-refractivity contribution in [2.75, 3.05) is 24.0 Å². The van der Waals surface area contributed by atoms with E-state index < -0.39 is 15.9 Å². The molecular formula is C25H27ClN2O4S. The number of sulfonamides is 1. The Morgan fingerprint density at radius 1 is 0.970 bits per heavy atom. The molecule has 0 unspecified atom stereocenters. The van der Waals surface area contributed by atoms with Crippen molar-refractivity contribution in [2.24, 2.45) is 0 Å². The van der Waals surface area contributed by atoms with Crippen molar-refractivity contribution >= 4 is 33.2 Å². The molecular weight excluding hydrogens is 460 g/mol. The molecule has 0 heterocycles. The number of halogens is 1. The normalized spacial score (nSPS) is 11.1. The largest absolute Gasteiger partial charge is 0.494 e. The Labute approximate surface area is 200 Å². The van der Waals surface area contributed by atoms with Gasteiger partial charge < -0.3 is 10.1 Å². The predicted molar refractivity (Wildman–Crippen MR) is 131 cm³/mol. The van der Waals surface area contributed by atoms with Crippen LogP contribution in [0, 0.1) is 6.92 Å². The molecule has 3 rings (SSSR count). The summed E-state index contributed by atoms with van der Waals surface area (Å²) in [5.41, 5.74) is 2.35. The summed E-state index contributed by atoms with van der Waals surface area (Å²) in [5, 5.41) is 3.46. The van der Waals surface area contributed by atoms with E-state index in [0.717, 1.165) is 15.4 Å². The number of carbonyl (C=O) groups excluding carboxylic acids is 1. The highest BCUT2D eigenvalue weighted by Crippen LogP contribution is 2.26. The summed E-state index contributed by atoms with van der Waals surface area (Å²) in [6.45, 7) is 4.29. The number of rotatable bonds is 10. The van der Waals surface area contributed by atoms with E-state index in [2.05, 4.69) is 5.32 Å². The molecule has 33 heavy (non-hydrogen) atoms. The molecule has 0 fully saturated rings. The molecule has 0 saturated carbocycles. The monoisotopic (exact) mass is 486 g/mol. The molecule has 0 aliphatic rings. The van der Waals surface area contributed by atoms with E-state index in [9.17, 15) is 13.2 Å². The van der Waals surface area contributed by atoms with Crippen LogP contribution in [0.4, 0.5) is 5.69 Å². The minimum Gasteiger partial charge on any atom is -0.494 e. The molecule has 0 aliphatic carbocycles. The fraction of sp³-hybridized carbons (Fsp3) is 0.240. The summed E-state index contributed by atoms with van der Waals surface area (Å²) in [6.07, 6.45) is 0.608. The summed E-state index contributed by atoms with van der Waals surface area (Å²) in [6, 6.07) is 20.6. The van der Waals surface area contributed by atoms with Crippen molar-refractivity contribution in [2.45, 2.75) is 25.2 Å². The van der Waals surface area contributed by atoms with Gasteiger partial charge in [0, 0.05) is 11.6 Å². The average molecular weight is 487 g/mol. The van der Waals surface area contributed by atoms with Gasteiger partial charge in [0.15, 0.2) is 0 Å². The molecule has 0 atom stereocenters. The second-order valence-corrected chi connectivity index (χ2v) is 9.78. The van der Waals surface area contributed by atoms with Gasteiger partial charge in [0.2, 0.25) is 5.91 Å². The Balaban J connectivity index is 1.78. The Kier molecular flexibility index (Phi) is 8.36. The molecule has 1 amide bonds. The Morgan fingerprint density at radius 3 is 2.21 bits per heavy atom. The van der Waals surface area contributed by atoms with Crippen LogP contribution in [0.5, 0.6) is 5.75 Å². The van der Waals surface area contributed by atoms with Crippen LogP contribution in [-0.2, 0) is 21.2 Å². The summed E-state index contributed by atoms with van der Waals surface area (Å²) in [7, 11) is -3.96. The fourth-order valence-corrected chi connectivity index (χ4v) is 4.76. The lowest BCUT2D eigenvalue weighted by Crippen LogP contribution is -2.41. The molecule has 174 valence electrons. The van der Waals surface area contributed by atoms with Crippen molar-refractivity contribution in [3.8, 4) is 5.75 Å². The first-order valence-corrected chi connectivity index (χ1v) is 12.4. The first kappa shape index (κ1) is 24.6. The molecule has 8 heteroatoms. The second-order valence-electron chi connectivity index (χ2n) is 7.48. The van der Waals surface area contributed by atoms with Gasteiger partial charge in [-0.3, -0.25) is 9.10 Å². The number of carbonyl (C=O) groups is 1. The van der Waals surface area contributed by atoms with Crippen LogP contribution < -0.4 is 14.4 Å². The minimum absolute atomic E-state index is 0.121. The third-order valence-corrected chi connectivity index (χ3v) is 7.02. The lowest BCUT2D eigenvalue weighted by molar-refractivity contribution is -0.119. The molecule has 0 saturated heterocycles. The van der Waals surface area contributed by atoms with Gasteiger partial charge in [0.1, 0.15) is 12.3 Å². The molecule has 0 aromatic heterocycles. The van der Waals surface area contributed by atoms with Crippen molar-refractivity contribution in [1.29, 1.82) is 0 Å². The van der Waals surface area contributed by atoms with E-state index in [-0.39, 0.29) is 11.4 Å². The lowest BCUT2D eigenvalue weighted by Gasteiger charge is -2.24. The van der Waals surface area contributed by atoms with Gasteiger partial charge >= 0.3 is 0 Å². The number of amides is 1. The number of nitrogens with zero attached hydrogens (tertiary/aromatic N) is 1. The van der Waals surface area contributed by atoms with Crippen LogP contribution in [0.25, 0.3) is 0 Å². The summed E-state index contributed by atoms with van der Waals surface area (Å²) in [5.74, 6) is 0.231. The van der Waals surface area contributed by atoms with E-state index in [1.165, 1.54) is 0 Å². The van der Waals surface area contributed by atoms with Crippen LogP contribution in [0.3, 0.4) is 0 Å². The quantitative estimate of drug-likeness (QED) is 0.454. The van der Waals surface area contributed by atoms with Crippen LogP contribution in [0.1, 0.15) is 18.1 Å². The third kappa shape index (κ3) is 6.73. The molecule has 0 spiro atoms. The number of aryl methyl sites for hydroxylation is 1. The highest BCUT2D eigenvalue weighted by atomic mass is 35.5. The smallest absolute Gasteiger partial charge is 0.264 e. The number of nitrogens with one attached hydrogen (secondary N) is 1. The highest BCUT2D eigenvalue weighted by Gasteiger charge is 2.27. The average Bonchev–Trinajstić information content (AvgIpc) is 2.80. The van der Waals surface area contributed by atoms with Gasteiger partial charge in [-0.05, 0) is 74.4 Å². The van der Waals surface area contributed by atoms with Crippen LogP contribution in [-0.4, -0.2) is 34.0 Å². The van der Waals surface area contributed by atoms with Gasteiger partial charge in [0.25, 0.3) is 10.0 Å². The zero-order valence-electron chi connectivity index (χ0n) is 18.6. The first-order valence-electron chi connectivity index (χ1n) is 10.6. The minimum atomic E-state index is -3.96. The fourth-order valence-electron chi connectivity index (χ4n) is 3.21. The van der Waals surface area contributed by atoms with Crippen LogP contribution in [0.15, 0.2) is 77.7 Å².